The first-order chi connectivity index (χ1) is 14.7. The first-order valence-electron chi connectivity index (χ1n) is 11.2. The van der Waals surface area contributed by atoms with Gasteiger partial charge in [0.1, 0.15) is 13.2 Å². The van der Waals surface area contributed by atoms with Gasteiger partial charge in [-0.15, -0.1) is 0 Å². The molecule has 0 saturated carbocycles. The van der Waals surface area contributed by atoms with E-state index in [0.717, 1.165) is 36.4 Å². The van der Waals surface area contributed by atoms with Crippen LogP contribution in [0.25, 0.3) is 0 Å². The first-order valence-corrected chi connectivity index (χ1v) is 11.2. The van der Waals surface area contributed by atoms with Crippen molar-refractivity contribution in [1.82, 2.24) is 10.2 Å². The van der Waals surface area contributed by atoms with Gasteiger partial charge in [0, 0.05) is 24.7 Å². The molecule has 3 atom stereocenters. The highest BCUT2D eigenvalue weighted by Gasteiger charge is 2.41. The predicted octanol–water partition coefficient (Wildman–Crippen LogP) is 3.87. The number of hydrogen-bond acceptors (Lipinski definition) is 4. The van der Waals surface area contributed by atoms with Gasteiger partial charge in [0.2, 0.25) is 5.91 Å². The molecule has 2 saturated heterocycles. The van der Waals surface area contributed by atoms with Crippen molar-refractivity contribution in [1.29, 1.82) is 0 Å². The van der Waals surface area contributed by atoms with E-state index < -0.39 is 0 Å². The summed E-state index contributed by atoms with van der Waals surface area (Å²) in [4.78, 5) is 15.6. The summed E-state index contributed by atoms with van der Waals surface area (Å²) in [6.45, 7) is 4.12. The van der Waals surface area contributed by atoms with Gasteiger partial charge in [-0.3, -0.25) is 9.69 Å². The normalized spacial score (nSPS) is 26.2. The van der Waals surface area contributed by atoms with Gasteiger partial charge in [0.25, 0.3) is 0 Å². The van der Waals surface area contributed by atoms with Crippen LogP contribution in [0.3, 0.4) is 0 Å². The van der Waals surface area contributed by atoms with Crippen LogP contribution < -0.4 is 14.8 Å². The number of nitrogens with zero attached hydrogens (tertiary/aromatic N) is 1. The maximum Gasteiger partial charge on any atom is 0.227 e. The number of ether oxygens (including phenoxy) is 2. The molecule has 5 rings (SSSR count). The number of piperidine rings is 1. The number of benzene rings is 2. The Morgan fingerprint density at radius 3 is 2.47 bits per heavy atom. The minimum absolute atomic E-state index is 0.104. The van der Waals surface area contributed by atoms with E-state index in [4.69, 9.17) is 9.47 Å². The molecule has 2 bridgehead atoms. The van der Waals surface area contributed by atoms with Crippen LogP contribution in [0.1, 0.15) is 49.7 Å². The van der Waals surface area contributed by atoms with Crippen LogP contribution in [0.5, 0.6) is 11.5 Å². The Morgan fingerprint density at radius 1 is 1.03 bits per heavy atom. The van der Waals surface area contributed by atoms with Crippen LogP contribution in [-0.4, -0.2) is 42.1 Å². The highest BCUT2D eigenvalue weighted by Crippen LogP contribution is 2.37. The van der Waals surface area contributed by atoms with Gasteiger partial charge in [-0.2, -0.15) is 0 Å². The maximum atomic E-state index is 13.0. The molecular formula is C25H30N2O3. The average molecular weight is 407 g/mol. The monoisotopic (exact) mass is 406 g/mol. The lowest BCUT2D eigenvalue weighted by Gasteiger charge is -2.39. The highest BCUT2D eigenvalue weighted by atomic mass is 16.6. The lowest BCUT2D eigenvalue weighted by Crippen LogP contribution is -2.50. The molecule has 30 heavy (non-hydrogen) atoms. The molecule has 3 aliphatic heterocycles. The van der Waals surface area contributed by atoms with E-state index in [9.17, 15) is 4.79 Å². The van der Waals surface area contributed by atoms with Crippen molar-refractivity contribution in [3.63, 3.8) is 0 Å². The zero-order valence-corrected chi connectivity index (χ0v) is 17.5. The molecule has 2 aromatic rings. The van der Waals surface area contributed by atoms with Crippen molar-refractivity contribution in [2.45, 2.75) is 63.2 Å². The maximum absolute atomic E-state index is 13.0. The molecule has 1 amide bonds. The van der Waals surface area contributed by atoms with Crippen molar-refractivity contribution in [2.24, 2.45) is 0 Å². The molecule has 0 radical (unpaired) electrons. The summed E-state index contributed by atoms with van der Waals surface area (Å²) >= 11 is 0. The number of fused-ring (bicyclic) bond motifs is 3. The van der Waals surface area contributed by atoms with Gasteiger partial charge in [-0.1, -0.05) is 36.4 Å². The van der Waals surface area contributed by atoms with E-state index in [2.05, 4.69) is 40.5 Å². The van der Waals surface area contributed by atoms with Crippen LogP contribution >= 0.6 is 0 Å². The second-order valence-corrected chi connectivity index (χ2v) is 8.84. The van der Waals surface area contributed by atoms with Gasteiger partial charge < -0.3 is 14.8 Å². The third kappa shape index (κ3) is 3.91. The molecule has 2 fully saturated rings. The van der Waals surface area contributed by atoms with Crippen molar-refractivity contribution < 1.29 is 14.3 Å². The van der Waals surface area contributed by atoms with Gasteiger partial charge in [0.05, 0.1) is 5.92 Å². The zero-order chi connectivity index (χ0) is 20.5. The minimum Gasteiger partial charge on any atom is -0.486 e. The first kappa shape index (κ1) is 19.4. The van der Waals surface area contributed by atoms with E-state index in [1.165, 1.54) is 18.4 Å². The number of rotatable bonds is 5. The van der Waals surface area contributed by atoms with Crippen LogP contribution in [0, 0.1) is 0 Å². The predicted molar refractivity (Wildman–Crippen MR) is 116 cm³/mol. The molecule has 0 aliphatic carbocycles. The fourth-order valence-corrected chi connectivity index (χ4v) is 5.25. The topological polar surface area (TPSA) is 50.8 Å². The smallest absolute Gasteiger partial charge is 0.227 e. The van der Waals surface area contributed by atoms with Crippen molar-refractivity contribution >= 4 is 5.91 Å². The van der Waals surface area contributed by atoms with E-state index >= 15 is 0 Å². The summed E-state index contributed by atoms with van der Waals surface area (Å²) in [5.41, 5.74) is 2.35. The lowest BCUT2D eigenvalue weighted by atomic mass is 9.94. The fourth-order valence-electron chi connectivity index (χ4n) is 5.25. The number of amides is 1. The molecular weight excluding hydrogens is 376 g/mol. The number of carbonyl (C=O) groups is 1. The SMILES string of the molecule is CC(C(=O)NC1CC2CCC(C1)N2Cc1ccccc1)c1ccc2c(c1)OCCO2. The van der Waals surface area contributed by atoms with Crippen LogP contribution in [0.15, 0.2) is 48.5 Å². The van der Waals surface area contributed by atoms with E-state index in [-0.39, 0.29) is 17.9 Å². The number of carbonyl (C=O) groups excluding carboxylic acids is 1. The number of hydrogen-bond donors (Lipinski definition) is 1. The van der Waals surface area contributed by atoms with E-state index in [1.54, 1.807) is 0 Å². The Morgan fingerprint density at radius 2 is 1.73 bits per heavy atom. The summed E-state index contributed by atoms with van der Waals surface area (Å²) in [7, 11) is 0. The van der Waals surface area contributed by atoms with Crippen LogP contribution in [-0.2, 0) is 11.3 Å². The van der Waals surface area contributed by atoms with E-state index in [0.29, 0.717) is 25.3 Å². The summed E-state index contributed by atoms with van der Waals surface area (Å²) in [5, 5.41) is 3.34. The molecule has 5 nitrogen and oxygen atoms in total. The molecule has 1 N–H and O–H groups in total. The minimum atomic E-state index is -0.208. The third-order valence-corrected chi connectivity index (χ3v) is 6.90. The summed E-state index contributed by atoms with van der Waals surface area (Å²) in [5.74, 6) is 1.40. The third-order valence-electron chi connectivity index (χ3n) is 6.90. The highest BCUT2D eigenvalue weighted by molar-refractivity contribution is 5.83. The molecule has 158 valence electrons. The molecule has 0 spiro atoms. The van der Waals surface area contributed by atoms with Gasteiger partial charge in [-0.25, -0.2) is 0 Å². The Bertz CT molecular complexity index is 887. The molecule has 0 aromatic heterocycles. The van der Waals surface area contributed by atoms with Crippen LogP contribution in [0.4, 0.5) is 0 Å². The van der Waals surface area contributed by atoms with Gasteiger partial charge in [0.15, 0.2) is 11.5 Å². The molecule has 2 aromatic carbocycles. The Kier molecular flexibility index (Phi) is 5.38. The molecule has 3 aliphatic rings. The second-order valence-electron chi connectivity index (χ2n) is 8.84. The van der Waals surface area contributed by atoms with Crippen LogP contribution in [0.2, 0.25) is 0 Å². The standard InChI is InChI=1S/C25H30N2O3/c1-17(19-7-10-23-24(13-19)30-12-11-29-23)25(28)26-20-14-21-8-9-22(15-20)27(21)16-18-5-3-2-4-6-18/h2-7,10,13,17,20-22H,8-9,11-12,14-16H2,1H3,(H,26,28). The Balaban J connectivity index is 1.20. The fraction of sp³-hybridized carbons (Fsp3) is 0.480. The zero-order valence-electron chi connectivity index (χ0n) is 17.5. The van der Waals surface area contributed by atoms with Gasteiger partial charge in [-0.05, 0) is 55.9 Å². The largest absolute Gasteiger partial charge is 0.486 e. The lowest BCUT2D eigenvalue weighted by molar-refractivity contribution is -0.123. The average Bonchev–Trinajstić information content (AvgIpc) is 3.01. The molecule has 5 heteroatoms. The molecule has 3 unspecified atom stereocenters. The Labute approximate surface area is 178 Å². The van der Waals surface area contributed by atoms with Gasteiger partial charge >= 0.3 is 0 Å². The summed E-state index contributed by atoms with van der Waals surface area (Å²) in [6.07, 6.45) is 4.56. The molecule has 3 heterocycles. The summed E-state index contributed by atoms with van der Waals surface area (Å²) in [6, 6.07) is 18.0. The Hall–Kier alpha value is -2.53. The summed E-state index contributed by atoms with van der Waals surface area (Å²) < 4.78 is 11.3. The second kappa shape index (κ2) is 8.31. The van der Waals surface area contributed by atoms with Crippen molar-refractivity contribution in [3.05, 3.63) is 59.7 Å². The van der Waals surface area contributed by atoms with E-state index in [1.807, 2.05) is 25.1 Å². The van der Waals surface area contributed by atoms with Crippen molar-refractivity contribution in [2.75, 3.05) is 13.2 Å². The van der Waals surface area contributed by atoms with Crippen molar-refractivity contribution in [3.8, 4) is 11.5 Å². The number of nitrogens with one attached hydrogen (secondary N) is 1. The quantitative estimate of drug-likeness (QED) is 0.819.